The van der Waals surface area contributed by atoms with E-state index in [1.54, 1.807) is 41.5 Å². The number of aliphatic hydroxyl groups is 1. The Morgan fingerprint density at radius 2 is 2.08 bits per heavy atom. The van der Waals surface area contributed by atoms with Crippen LogP contribution in [0.25, 0.3) is 11.2 Å². The quantitative estimate of drug-likeness (QED) is 0.795. The Balaban J connectivity index is 1.84. The Morgan fingerprint density at radius 3 is 2.83 bits per heavy atom. The van der Waals surface area contributed by atoms with Crippen molar-refractivity contribution in [2.45, 2.75) is 18.6 Å². The van der Waals surface area contributed by atoms with Gasteiger partial charge in [0.15, 0.2) is 11.2 Å². The van der Waals surface area contributed by atoms with E-state index >= 15 is 0 Å². The van der Waals surface area contributed by atoms with Gasteiger partial charge in [-0.25, -0.2) is 19.0 Å². The molecule has 1 aliphatic rings. The molecule has 2 aromatic heterocycles. The molecule has 0 radical (unpaired) electrons. The van der Waals surface area contributed by atoms with Gasteiger partial charge < -0.3 is 9.84 Å². The van der Waals surface area contributed by atoms with Crippen LogP contribution < -0.4 is 0 Å². The first-order chi connectivity index (χ1) is 11.7. The molecule has 0 saturated heterocycles. The number of aliphatic hydroxyl groups excluding tert-OH is 1. The molecule has 0 fully saturated rings. The minimum Gasteiger partial charge on any atom is -0.486 e. The van der Waals surface area contributed by atoms with Crippen molar-refractivity contribution in [3.8, 4) is 0 Å². The number of nitrogens with zero attached hydrogens (tertiary/aromatic N) is 4. The highest BCUT2D eigenvalue weighted by molar-refractivity contribution is 5.74. The minimum atomic E-state index is -0.964. The van der Waals surface area contributed by atoms with Crippen molar-refractivity contribution in [3.63, 3.8) is 0 Å². The molecule has 0 spiro atoms. The second-order valence-corrected chi connectivity index (χ2v) is 5.67. The summed E-state index contributed by atoms with van der Waals surface area (Å²) in [5.41, 5.74) is 1.12. The molecule has 24 heavy (non-hydrogen) atoms. The van der Waals surface area contributed by atoms with Crippen molar-refractivity contribution in [3.05, 3.63) is 66.1 Å². The van der Waals surface area contributed by atoms with Gasteiger partial charge in [-0.15, -0.1) is 0 Å². The van der Waals surface area contributed by atoms with Gasteiger partial charge in [-0.05, 0) is 12.1 Å². The molecule has 3 aromatic rings. The van der Waals surface area contributed by atoms with E-state index in [1.807, 2.05) is 6.08 Å². The van der Waals surface area contributed by atoms with Crippen LogP contribution in [0.5, 0.6) is 0 Å². The van der Waals surface area contributed by atoms with Gasteiger partial charge in [0.2, 0.25) is 0 Å². The fourth-order valence-corrected chi connectivity index (χ4v) is 2.90. The van der Waals surface area contributed by atoms with Gasteiger partial charge in [0, 0.05) is 24.4 Å². The average molecular weight is 326 g/mol. The number of benzene rings is 1. The standard InChI is InChI=1S/C17H15FN4O2/c18-13-5-2-1-4-12(13)10-22-16-14(19-7-8-20-16)15(21-22)17(11-23)6-3-9-24-17/h1-5,7-9,23H,6,10-11H2. The molecule has 0 saturated carbocycles. The summed E-state index contributed by atoms with van der Waals surface area (Å²) >= 11 is 0. The third-order valence-corrected chi connectivity index (χ3v) is 4.17. The Labute approximate surface area is 137 Å². The summed E-state index contributed by atoms with van der Waals surface area (Å²) in [5, 5.41) is 14.4. The largest absolute Gasteiger partial charge is 0.486 e. The predicted molar refractivity (Wildman–Crippen MR) is 84.4 cm³/mol. The van der Waals surface area contributed by atoms with Crippen LogP contribution in [0.1, 0.15) is 17.7 Å². The zero-order valence-electron chi connectivity index (χ0n) is 12.8. The first-order valence-electron chi connectivity index (χ1n) is 7.59. The number of fused-ring (bicyclic) bond motifs is 1. The van der Waals surface area contributed by atoms with Gasteiger partial charge in [-0.3, -0.25) is 0 Å². The smallest absolute Gasteiger partial charge is 0.180 e. The lowest BCUT2D eigenvalue weighted by atomic mass is 9.97. The van der Waals surface area contributed by atoms with Gasteiger partial charge in [-0.2, -0.15) is 5.10 Å². The molecular weight excluding hydrogens is 311 g/mol. The van der Waals surface area contributed by atoms with Gasteiger partial charge in [0.25, 0.3) is 0 Å². The fourth-order valence-electron chi connectivity index (χ4n) is 2.90. The summed E-state index contributed by atoms with van der Waals surface area (Å²) in [6.07, 6.45) is 6.99. The van der Waals surface area contributed by atoms with E-state index in [1.165, 1.54) is 6.07 Å². The Morgan fingerprint density at radius 1 is 1.25 bits per heavy atom. The number of halogens is 1. The van der Waals surface area contributed by atoms with E-state index in [0.29, 0.717) is 28.8 Å². The minimum absolute atomic E-state index is 0.219. The van der Waals surface area contributed by atoms with Crippen molar-refractivity contribution in [1.29, 1.82) is 0 Å². The summed E-state index contributed by atoms with van der Waals surface area (Å²) < 4.78 is 21.2. The van der Waals surface area contributed by atoms with Crippen LogP contribution in [-0.2, 0) is 16.9 Å². The number of aromatic nitrogens is 4. The summed E-state index contributed by atoms with van der Waals surface area (Å²) in [4.78, 5) is 8.67. The molecule has 1 N–H and O–H groups in total. The van der Waals surface area contributed by atoms with Crippen LogP contribution in [0.15, 0.2) is 49.0 Å². The molecule has 0 bridgehead atoms. The van der Waals surface area contributed by atoms with Crippen molar-refractivity contribution < 1.29 is 14.2 Å². The summed E-state index contributed by atoms with van der Waals surface area (Å²) in [6, 6.07) is 6.53. The normalized spacial score (nSPS) is 19.8. The lowest BCUT2D eigenvalue weighted by Gasteiger charge is -2.24. The molecule has 6 nitrogen and oxygen atoms in total. The number of ether oxygens (including phenoxy) is 1. The van der Waals surface area contributed by atoms with Crippen molar-refractivity contribution in [1.82, 2.24) is 19.7 Å². The van der Waals surface area contributed by atoms with Crippen molar-refractivity contribution in [2.24, 2.45) is 0 Å². The zero-order valence-corrected chi connectivity index (χ0v) is 12.8. The fraction of sp³-hybridized carbons (Fsp3) is 0.235. The number of rotatable bonds is 4. The molecule has 7 heteroatoms. The van der Waals surface area contributed by atoms with Crippen LogP contribution in [0, 0.1) is 5.82 Å². The lowest BCUT2D eigenvalue weighted by molar-refractivity contribution is -0.0159. The monoisotopic (exact) mass is 326 g/mol. The highest BCUT2D eigenvalue weighted by Crippen LogP contribution is 2.36. The highest BCUT2D eigenvalue weighted by Gasteiger charge is 2.40. The third-order valence-electron chi connectivity index (χ3n) is 4.17. The third kappa shape index (κ3) is 2.25. The first-order valence-corrected chi connectivity index (χ1v) is 7.59. The molecule has 0 aliphatic carbocycles. The SMILES string of the molecule is OCC1(c2nn(Cc3ccccc3F)c3nccnc23)CC=CO1. The van der Waals surface area contributed by atoms with Crippen LogP contribution in [0.2, 0.25) is 0 Å². The van der Waals surface area contributed by atoms with E-state index < -0.39 is 5.60 Å². The van der Waals surface area contributed by atoms with Crippen LogP contribution in [0.4, 0.5) is 4.39 Å². The van der Waals surface area contributed by atoms with E-state index in [-0.39, 0.29) is 19.0 Å². The number of hydrogen-bond donors (Lipinski definition) is 1. The summed E-state index contributed by atoms with van der Waals surface area (Å²) in [5.74, 6) is -0.303. The maximum Gasteiger partial charge on any atom is 0.180 e. The second kappa shape index (κ2) is 5.68. The van der Waals surface area contributed by atoms with E-state index in [0.717, 1.165) is 0 Å². The topological polar surface area (TPSA) is 73.1 Å². The van der Waals surface area contributed by atoms with Crippen molar-refractivity contribution >= 4 is 11.2 Å². The van der Waals surface area contributed by atoms with E-state index in [2.05, 4.69) is 15.1 Å². The molecule has 4 rings (SSSR count). The predicted octanol–water partition coefficient (Wildman–Crippen LogP) is 2.14. The Bertz CT molecular complexity index is 914. The summed E-state index contributed by atoms with van der Waals surface area (Å²) in [6.45, 7) is -0.0147. The molecule has 1 unspecified atom stereocenters. The van der Waals surface area contributed by atoms with Crippen molar-refractivity contribution in [2.75, 3.05) is 6.61 Å². The maximum atomic E-state index is 14.0. The Hall–Kier alpha value is -2.80. The van der Waals surface area contributed by atoms with Crippen LogP contribution in [0.3, 0.4) is 0 Å². The Kier molecular flexibility index (Phi) is 3.50. The molecule has 0 amide bonds. The zero-order chi connectivity index (χ0) is 16.6. The van der Waals surface area contributed by atoms with E-state index in [4.69, 9.17) is 4.74 Å². The molecule has 1 atom stereocenters. The van der Waals surface area contributed by atoms with Gasteiger partial charge in [-0.1, -0.05) is 18.2 Å². The summed E-state index contributed by atoms with van der Waals surface area (Å²) in [7, 11) is 0. The highest BCUT2D eigenvalue weighted by atomic mass is 19.1. The maximum absolute atomic E-state index is 14.0. The molecular formula is C17H15FN4O2. The van der Waals surface area contributed by atoms with Gasteiger partial charge >= 0.3 is 0 Å². The average Bonchev–Trinajstić information content (AvgIpc) is 3.23. The van der Waals surface area contributed by atoms with E-state index in [9.17, 15) is 9.50 Å². The van der Waals surface area contributed by atoms with Crippen LogP contribution in [-0.4, -0.2) is 31.5 Å². The molecule has 1 aliphatic heterocycles. The molecule has 1 aromatic carbocycles. The number of hydrogen-bond acceptors (Lipinski definition) is 5. The molecule has 122 valence electrons. The second-order valence-electron chi connectivity index (χ2n) is 5.67. The first kappa shape index (κ1) is 14.8. The molecule has 3 heterocycles. The lowest BCUT2D eigenvalue weighted by Crippen LogP contribution is -2.30. The van der Waals surface area contributed by atoms with Gasteiger partial charge in [0.1, 0.15) is 17.0 Å². The van der Waals surface area contributed by atoms with Crippen LogP contribution >= 0.6 is 0 Å². The van der Waals surface area contributed by atoms with Gasteiger partial charge in [0.05, 0.1) is 19.4 Å².